The molecule has 0 saturated carbocycles. The first kappa shape index (κ1) is 12.5. The lowest BCUT2D eigenvalue weighted by molar-refractivity contribution is -0.275. The van der Waals surface area contributed by atoms with Crippen molar-refractivity contribution in [3.8, 4) is 5.88 Å². The van der Waals surface area contributed by atoms with E-state index in [1.165, 1.54) is 6.07 Å². The molecule has 8 heteroatoms. The number of aromatic nitrogens is 1. The van der Waals surface area contributed by atoms with Crippen LogP contribution in [0.15, 0.2) is 6.07 Å². The first-order chi connectivity index (χ1) is 7.37. The minimum atomic E-state index is -4.89. The lowest BCUT2D eigenvalue weighted by Crippen LogP contribution is -2.20. The summed E-state index contributed by atoms with van der Waals surface area (Å²) >= 11 is 0. The lowest BCUT2D eigenvalue weighted by atomic mass is 10.2. The van der Waals surface area contributed by atoms with Gasteiger partial charge < -0.3 is 21.3 Å². The highest BCUT2D eigenvalue weighted by Gasteiger charge is 2.33. The van der Waals surface area contributed by atoms with Crippen molar-refractivity contribution < 1.29 is 23.0 Å². The summed E-state index contributed by atoms with van der Waals surface area (Å²) in [5, 5.41) is 8.79. The smallest absolute Gasteiger partial charge is 0.394 e. The van der Waals surface area contributed by atoms with Gasteiger partial charge in [0.05, 0.1) is 18.0 Å². The number of aliphatic hydroxyl groups excluding tert-OH is 1. The van der Waals surface area contributed by atoms with Gasteiger partial charge in [0.25, 0.3) is 0 Å². The molecule has 0 spiro atoms. The maximum Gasteiger partial charge on any atom is 0.574 e. The second-order valence-corrected chi connectivity index (χ2v) is 2.90. The van der Waals surface area contributed by atoms with Crippen LogP contribution in [0.2, 0.25) is 0 Å². The Morgan fingerprint density at radius 3 is 2.50 bits per heavy atom. The van der Waals surface area contributed by atoms with Gasteiger partial charge in [-0.15, -0.1) is 13.2 Å². The van der Waals surface area contributed by atoms with Gasteiger partial charge in [-0.1, -0.05) is 0 Å². The van der Waals surface area contributed by atoms with E-state index in [1.807, 2.05) is 0 Å². The number of anilines is 1. The van der Waals surface area contributed by atoms with Crippen molar-refractivity contribution >= 4 is 5.69 Å². The van der Waals surface area contributed by atoms with Crippen molar-refractivity contribution in [1.29, 1.82) is 0 Å². The van der Waals surface area contributed by atoms with Gasteiger partial charge in [-0.25, -0.2) is 4.98 Å². The number of hydrogen-bond acceptors (Lipinski definition) is 5. The largest absolute Gasteiger partial charge is 0.574 e. The summed E-state index contributed by atoms with van der Waals surface area (Å²) in [4.78, 5) is 3.41. The molecule has 0 atom stereocenters. The molecule has 0 aliphatic heterocycles. The van der Waals surface area contributed by atoms with Crippen LogP contribution in [0, 0.1) is 0 Å². The zero-order valence-corrected chi connectivity index (χ0v) is 8.08. The molecular weight excluding hydrogens is 227 g/mol. The van der Waals surface area contributed by atoms with E-state index in [0.717, 1.165) is 0 Å². The van der Waals surface area contributed by atoms with Crippen LogP contribution in [-0.4, -0.2) is 16.5 Å². The van der Waals surface area contributed by atoms with E-state index in [2.05, 4.69) is 9.72 Å². The molecule has 0 aromatic carbocycles. The van der Waals surface area contributed by atoms with E-state index in [1.54, 1.807) is 0 Å². The number of nitrogens with two attached hydrogens (primary N) is 2. The lowest BCUT2D eigenvalue weighted by Gasteiger charge is -2.13. The van der Waals surface area contributed by atoms with Crippen molar-refractivity contribution in [3.05, 3.63) is 17.3 Å². The molecule has 16 heavy (non-hydrogen) atoms. The zero-order chi connectivity index (χ0) is 12.3. The maximum atomic E-state index is 12.0. The molecule has 0 saturated heterocycles. The summed E-state index contributed by atoms with van der Waals surface area (Å²) in [6, 6.07) is 1.32. The van der Waals surface area contributed by atoms with Gasteiger partial charge in [-0.05, 0) is 11.6 Å². The molecule has 0 fully saturated rings. The Bertz CT molecular complexity index is 382. The van der Waals surface area contributed by atoms with Crippen LogP contribution in [0.25, 0.3) is 0 Å². The molecule has 0 aliphatic rings. The summed E-state index contributed by atoms with van der Waals surface area (Å²) in [7, 11) is 0. The second-order valence-electron chi connectivity index (χ2n) is 2.90. The van der Waals surface area contributed by atoms with Crippen LogP contribution >= 0.6 is 0 Å². The van der Waals surface area contributed by atoms with E-state index >= 15 is 0 Å². The van der Waals surface area contributed by atoms with E-state index in [0.29, 0.717) is 0 Å². The van der Waals surface area contributed by atoms with Crippen molar-refractivity contribution in [2.45, 2.75) is 19.5 Å². The summed E-state index contributed by atoms with van der Waals surface area (Å²) in [5.41, 5.74) is 10.6. The first-order valence-corrected chi connectivity index (χ1v) is 4.22. The molecule has 0 amide bonds. The fourth-order valence-corrected chi connectivity index (χ4v) is 1.08. The summed E-state index contributed by atoms with van der Waals surface area (Å²) in [6.45, 7) is -0.600. The van der Waals surface area contributed by atoms with Crippen molar-refractivity contribution in [2.24, 2.45) is 5.73 Å². The highest BCUT2D eigenvalue weighted by molar-refractivity contribution is 5.55. The number of hydrogen-bond donors (Lipinski definition) is 3. The molecule has 1 heterocycles. The maximum absolute atomic E-state index is 12.0. The molecule has 0 unspecified atom stereocenters. The molecule has 0 bridgehead atoms. The standard InChI is InChI=1S/C8H10F3N3O2/c9-8(10,11)16-7-6(13)4(2-12)1-5(3-15)14-7/h1,15H,2-3,12-13H2. The molecular formula is C8H10F3N3O2. The second kappa shape index (κ2) is 4.54. The third-order valence-electron chi connectivity index (χ3n) is 1.76. The Kier molecular flexibility index (Phi) is 3.55. The van der Waals surface area contributed by atoms with Crippen molar-refractivity contribution in [1.82, 2.24) is 4.98 Å². The van der Waals surface area contributed by atoms with Crippen molar-refractivity contribution in [2.75, 3.05) is 5.73 Å². The first-order valence-electron chi connectivity index (χ1n) is 4.22. The summed E-state index contributed by atoms with van der Waals surface area (Å²) in [6.07, 6.45) is -4.89. The van der Waals surface area contributed by atoms with E-state index in [-0.39, 0.29) is 23.5 Å². The van der Waals surface area contributed by atoms with Gasteiger partial charge in [0.1, 0.15) is 0 Å². The van der Waals surface area contributed by atoms with Crippen LogP contribution in [0.3, 0.4) is 0 Å². The monoisotopic (exact) mass is 237 g/mol. The van der Waals surface area contributed by atoms with Gasteiger partial charge in [0.2, 0.25) is 5.88 Å². The molecule has 5 nitrogen and oxygen atoms in total. The van der Waals surface area contributed by atoms with E-state index < -0.39 is 18.8 Å². The number of ether oxygens (including phenoxy) is 1. The molecule has 90 valence electrons. The van der Waals surface area contributed by atoms with Crippen molar-refractivity contribution in [3.63, 3.8) is 0 Å². The Balaban J connectivity index is 3.16. The number of nitrogens with zero attached hydrogens (tertiary/aromatic N) is 1. The minimum absolute atomic E-state index is 0.00824. The number of alkyl halides is 3. The van der Waals surface area contributed by atoms with Gasteiger partial charge in [0.15, 0.2) is 0 Å². The normalized spacial score (nSPS) is 11.6. The molecule has 1 aromatic rings. The van der Waals surface area contributed by atoms with Crippen LogP contribution in [0.5, 0.6) is 5.88 Å². The topological polar surface area (TPSA) is 94.4 Å². The molecule has 1 rings (SSSR count). The van der Waals surface area contributed by atoms with E-state index in [9.17, 15) is 13.2 Å². The van der Waals surface area contributed by atoms with Crippen LogP contribution in [0.1, 0.15) is 11.3 Å². The van der Waals surface area contributed by atoms with Crippen LogP contribution < -0.4 is 16.2 Å². The Morgan fingerprint density at radius 2 is 2.06 bits per heavy atom. The number of rotatable bonds is 3. The predicted octanol–water partition coefficient (Wildman–Crippen LogP) is 0.513. The van der Waals surface area contributed by atoms with E-state index in [4.69, 9.17) is 16.6 Å². The fraction of sp³-hybridized carbons (Fsp3) is 0.375. The number of halogens is 3. The molecule has 0 aliphatic carbocycles. The number of aliphatic hydroxyl groups is 1. The number of nitrogen functional groups attached to an aromatic ring is 1. The molecule has 5 N–H and O–H groups in total. The zero-order valence-electron chi connectivity index (χ0n) is 8.08. The summed E-state index contributed by atoms with van der Waals surface area (Å²) < 4.78 is 39.6. The van der Waals surface area contributed by atoms with Crippen LogP contribution in [0.4, 0.5) is 18.9 Å². The molecule has 1 aromatic heterocycles. The number of pyridine rings is 1. The van der Waals surface area contributed by atoms with Gasteiger partial charge in [-0.2, -0.15) is 0 Å². The predicted molar refractivity (Wildman–Crippen MR) is 49.1 cm³/mol. The average Bonchev–Trinajstić information content (AvgIpc) is 2.19. The van der Waals surface area contributed by atoms with Gasteiger partial charge >= 0.3 is 6.36 Å². The highest BCUT2D eigenvalue weighted by Crippen LogP contribution is 2.29. The quantitative estimate of drug-likeness (QED) is 0.712. The van der Waals surface area contributed by atoms with Gasteiger partial charge in [0, 0.05) is 6.54 Å². The Hall–Kier alpha value is -1.54. The Labute approximate surface area is 88.8 Å². The third-order valence-corrected chi connectivity index (χ3v) is 1.76. The SMILES string of the molecule is NCc1cc(CO)nc(OC(F)(F)F)c1N. The average molecular weight is 237 g/mol. The molecule has 0 radical (unpaired) electrons. The van der Waals surface area contributed by atoms with Gasteiger partial charge in [-0.3, -0.25) is 0 Å². The fourth-order valence-electron chi connectivity index (χ4n) is 1.08. The highest BCUT2D eigenvalue weighted by atomic mass is 19.4. The van der Waals surface area contributed by atoms with Crippen LogP contribution in [-0.2, 0) is 13.2 Å². The third kappa shape index (κ3) is 2.97. The minimum Gasteiger partial charge on any atom is -0.394 e. The Morgan fingerprint density at radius 1 is 1.44 bits per heavy atom. The summed E-state index contributed by atoms with van der Waals surface area (Å²) in [5.74, 6) is -0.792.